The zero-order valence-corrected chi connectivity index (χ0v) is 13.1. The van der Waals surface area contributed by atoms with E-state index in [-0.39, 0.29) is 6.04 Å². The molecule has 3 nitrogen and oxygen atoms in total. The second-order valence-electron chi connectivity index (χ2n) is 4.44. The number of carbonyl (C=O) groups excluding carboxylic acids is 1. The fraction of sp³-hybridized carbons (Fsp3) is 0.214. The molecule has 0 aliphatic carbocycles. The predicted octanol–water partition coefficient (Wildman–Crippen LogP) is 4.00. The lowest BCUT2D eigenvalue weighted by molar-refractivity contribution is 0.100. The fourth-order valence-corrected chi connectivity index (χ4v) is 2.89. The molecule has 1 aromatic carbocycles. The molecule has 1 aromatic heterocycles. The van der Waals surface area contributed by atoms with Crippen LogP contribution in [0.25, 0.3) is 0 Å². The third-order valence-electron chi connectivity index (χ3n) is 2.96. The number of hydrogen-bond donors (Lipinski definition) is 2. The molecule has 2 rings (SSSR count). The van der Waals surface area contributed by atoms with Gasteiger partial charge in [0.2, 0.25) is 5.91 Å². The summed E-state index contributed by atoms with van der Waals surface area (Å²) in [7, 11) is 0. The molecule has 3 N–H and O–H groups in total. The summed E-state index contributed by atoms with van der Waals surface area (Å²) in [6, 6.07) is 7.51. The summed E-state index contributed by atoms with van der Waals surface area (Å²) < 4.78 is 0. The molecule has 0 aliphatic rings. The summed E-state index contributed by atoms with van der Waals surface area (Å²) in [5, 5.41) is 6.23. The van der Waals surface area contributed by atoms with E-state index in [2.05, 4.69) is 5.32 Å². The molecule has 0 bridgehead atoms. The van der Waals surface area contributed by atoms with Crippen LogP contribution in [0.3, 0.4) is 0 Å². The number of thiophene rings is 1. The molecule has 6 heteroatoms. The quantitative estimate of drug-likeness (QED) is 0.871. The maximum Gasteiger partial charge on any atom is 0.249 e. The van der Waals surface area contributed by atoms with Crippen molar-refractivity contribution < 1.29 is 4.79 Å². The van der Waals surface area contributed by atoms with E-state index in [0.717, 1.165) is 10.4 Å². The zero-order valence-electron chi connectivity index (χ0n) is 10.8. The number of halogens is 2. The van der Waals surface area contributed by atoms with Crippen molar-refractivity contribution in [3.05, 3.63) is 55.7 Å². The third-order valence-corrected chi connectivity index (χ3v) is 4.64. The number of amides is 1. The summed E-state index contributed by atoms with van der Waals surface area (Å²) in [5.41, 5.74) is 6.84. The predicted molar refractivity (Wildman–Crippen MR) is 84.6 cm³/mol. The van der Waals surface area contributed by atoms with Gasteiger partial charge < -0.3 is 11.1 Å². The van der Waals surface area contributed by atoms with Crippen LogP contribution in [0.5, 0.6) is 0 Å². The Kier molecular flexibility index (Phi) is 5.05. The standard InChI is InChI=1S/C14H14Cl2N2OS/c1-8(9-2-3-12(15)13(16)5-9)18-6-11-4-10(7-20-11)14(17)19/h2-5,7-8,18H,6H2,1H3,(H2,17,19). The lowest BCUT2D eigenvalue weighted by Crippen LogP contribution is -2.17. The van der Waals surface area contributed by atoms with Crippen molar-refractivity contribution in [2.45, 2.75) is 19.5 Å². The van der Waals surface area contributed by atoms with Crippen LogP contribution in [0, 0.1) is 0 Å². The molecule has 1 heterocycles. The molecule has 0 saturated heterocycles. The first-order chi connectivity index (χ1) is 9.47. The molecule has 0 saturated carbocycles. The molecule has 1 unspecified atom stereocenters. The maximum atomic E-state index is 11.0. The van der Waals surface area contributed by atoms with Crippen LogP contribution in [-0.4, -0.2) is 5.91 Å². The summed E-state index contributed by atoms with van der Waals surface area (Å²) in [6.45, 7) is 2.71. The SMILES string of the molecule is CC(NCc1cc(C(N)=O)cs1)c1ccc(Cl)c(Cl)c1. The van der Waals surface area contributed by atoms with Crippen LogP contribution in [0.1, 0.15) is 33.8 Å². The highest BCUT2D eigenvalue weighted by Crippen LogP contribution is 2.26. The molecule has 0 aliphatic heterocycles. The van der Waals surface area contributed by atoms with E-state index in [9.17, 15) is 4.79 Å². The molecular weight excluding hydrogens is 315 g/mol. The van der Waals surface area contributed by atoms with Gasteiger partial charge in [-0.2, -0.15) is 0 Å². The zero-order chi connectivity index (χ0) is 14.7. The first-order valence-electron chi connectivity index (χ1n) is 6.03. The van der Waals surface area contributed by atoms with Crippen LogP contribution in [0.15, 0.2) is 29.6 Å². The minimum atomic E-state index is -0.398. The first kappa shape index (κ1) is 15.3. The van der Waals surface area contributed by atoms with Crippen LogP contribution >= 0.6 is 34.5 Å². The molecule has 20 heavy (non-hydrogen) atoms. The Balaban J connectivity index is 1.98. The second-order valence-corrected chi connectivity index (χ2v) is 6.25. The van der Waals surface area contributed by atoms with Gasteiger partial charge in [-0.15, -0.1) is 11.3 Å². The smallest absolute Gasteiger partial charge is 0.249 e. The summed E-state index contributed by atoms with van der Waals surface area (Å²) in [4.78, 5) is 12.1. The lowest BCUT2D eigenvalue weighted by Gasteiger charge is -2.14. The number of rotatable bonds is 5. The van der Waals surface area contributed by atoms with E-state index in [1.54, 1.807) is 11.4 Å². The Labute approximate surface area is 131 Å². The number of nitrogens with one attached hydrogen (secondary N) is 1. The van der Waals surface area contributed by atoms with Gasteiger partial charge in [0, 0.05) is 22.8 Å². The van der Waals surface area contributed by atoms with Gasteiger partial charge in [0.05, 0.1) is 15.6 Å². The number of carbonyl (C=O) groups is 1. The normalized spacial score (nSPS) is 12.3. The Bertz CT molecular complexity index is 627. The van der Waals surface area contributed by atoms with Crippen LogP contribution in [-0.2, 0) is 6.54 Å². The molecule has 1 atom stereocenters. The van der Waals surface area contributed by atoms with E-state index in [4.69, 9.17) is 28.9 Å². The van der Waals surface area contributed by atoms with Crippen LogP contribution < -0.4 is 11.1 Å². The lowest BCUT2D eigenvalue weighted by atomic mass is 10.1. The fourth-order valence-electron chi connectivity index (χ4n) is 1.76. The van der Waals surface area contributed by atoms with E-state index in [0.29, 0.717) is 22.2 Å². The van der Waals surface area contributed by atoms with E-state index in [1.807, 2.05) is 25.1 Å². The summed E-state index contributed by atoms with van der Waals surface area (Å²) >= 11 is 13.4. The topological polar surface area (TPSA) is 55.1 Å². The van der Waals surface area contributed by atoms with Crippen molar-refractivity contribution in [2.75, 3.05) is 0 Å². The number of hydrogen-bond acceptors (Lipinski definition) is 3. The number of nitrogens with two attached hydrogens (primary N) is 1. The average Bonchev–Trinajstić information content (AvgIpc) is 2.88. The Morgan fingerprint density at radius 3 is 2.70 bits per heavy atom. The van der Waals surface area contributed by atoms with Gasteiger partial charge in [0.1, 0.15) is 0 Å². The van der Waals surface area contributed by atoms with Gasteiger partial charge in [0.25, 0.3) is 0 Å². The Hall–Kier alpha value is -1.07. The summed E-state index contributed by atoms with van der Waals surface area (Å²) in [5.74, 6) is -0.398. The highest BCUT2D eigenvalue weighted by molar-refractivity contribution is 7.10. The highest BCUT2D eigenvalue weighted by atomic mass is 35.5. The largest absolute Gasteiger partial charge is 0.366 e. The van der Waals surface area contributed by atoms with Crippen molar-refractivity contribution >= 4 is 40.4 Å². The maximum absolute atomic E-state index is 11.0. The van der Waals surface area contributed by atoms with Crippen molar-refractivity contribution in [3.63, 3.8) is 0 Å². The average molecular weight is 329 g/mol. The first-order valence-corrected chi connectivity index (χ1v) is 7.66. The van der Waals surface area contributed by atoms with Gasteiger partial charge in [0.15, 0.2) is 0 Å². The minimum absolute atomic E-state index is 0.129. The Morgan fingerprint density at radius 1 is 1.35 bits per heavy atom. The monoisotopic (exact) mass is 328 g/mol. The van der Waals surface area contributed by atoms with E-state index < -0.39 is 5.91 Å². The van der Waals surface area contributed by atoms with Gasteiger partial charge in [-0.05, 0) is 30.7 Å². The number of benzene rings is 1. The molecule has 0 fully saturated rings. The van der Waals surface area contributed by atoms with Crippen molar-refractivity contribution in [3.8, 4) is 0 Å². The van der Waals surface area contributed by atoms with E-state index >= 15 is 0 Å². The van der Waals surface area contributed by atoms with E-state index in [1.165, 1.54) is 11.3 Å². The van der Waals surface area contributed by atoms with Crippen molar-refractivity contribution in [2.24, 2.45) is 5.73 Å². The molecule has 0 radical (unpaired) electrons. The van der Waals surface area contributed by atoms with Gasteiger partial charge in [-0.3, -0.25) is 4.79 Å². The number of primary amides is 1. The van der Waals surface area contributed by atoms with Crippen molar-refractivity contribution in [1.82, 2.24) is 5.32 Å². The molecule has 1 amide bonds. The molecule has 2 aromatic rings. The van der Waals surface area contributed by atoms with Gasteiger partial charge >= 0.3 is 0 Å². The van der Waals surface area contributed by atoms with Crippen LogP contribution in [0.4, 0.5) is 0 Å². The second kappa shape index (κ2) is 6.59. The highest BCUT2D eigenvalue weighted by Gasteiger charge is 2.09. The molecule has 0 spiro atoms. The Morgan fingerprint density at radius 2 is 2.10 bits per heavy atom. The minimum Gasteiger partial charge on any atom is -0.366 e. The third kappa shape index (κ3) is 3.73. The molecular formula is C14H14Cl2N2OS. The molecule has 106 valence electrons. The van der Waals surface area contributed by atoms with Crippen LogP contribution in [0.2, 0.25) is 10.0 Å². The van der Waals surface area contributed by atoms with Crippen molar-refractivity contribution in [1.29, 1.82) is 0 Å². The van der Waals surface area contributed by atoms with Gasteiger partial charge in [-0.25, -0.2) is 0 Å². The summed E-state index contributed by atoms with van der Waals surface area (Å²) in [6.07, 6.45) is 0. The van der Waals surface area contributed by atoms with Gasteiger partial charge in [-0.1, -0.05) is 29.3 Å².